The molecule has 2 fully saturated rings. The van der Waals surface area contributed by atoms with Crippen LogP contribution in [0.3, 0.4) is 0 Å². The normalized spacial score (nSPS) is 25.3. The van der Waals surface area contributed by atoms with Gasteiger partial charge in [-0.15, -0.1) is 0 Å². The van der Waals surface area contributed by atoms with Gasteiger partial charge in [0.05, 0.1) is 11.8 Å². The van der Waals surface area contributed by atoms with Gasteiger partial charge in [0.15, 0.2) is 0 Å². The van der Waals surface area contributed by atoms with Crippen molar-refractivity contribution < 1.29 is 22.7 Å². The van der Waals surface area contributed by atoms with Crippen LogP contribution in [0.25, 0.3) is 0 Å². The lowest BCUT2D eigenvalue weighted by Gasteiger charge is -2.38. The number of amides is 1. The smallest absolute Gasteiger partial charge is 0.335 e. The molecule has 3 aliphatic rings. The number of esters is 1. The number of hydrogen-bond donors (Lipinski definition) is 1. The Kier molecular flexibility index (Phi) is 4.46. The van der Waals surface area contributed by atoms with Gasteiger partial charge in [-0.05, 0) is 19.8 Å². The molecular formula is C16H24N2O5S. The van der Waals surface area contributed by atoms with Crippen molar-refractivity contribution >= 4 is 21.9 Å². The summed E-state index contributed by atoms with van der Waals surface area (Å²) in [4.78, 5) is 24.9. The van der Waals surface area contributed by atoms with E-state index in [0.29, 0.717) is 24.0 Å². The number of hydrogen-bond acceptors (Lipinski definition) is 5. The summed E-state index contributed by atoms with van der Waals surface area (Å²) in [6, 6.07) is 0.154. The molecule has 0 radical (unpaired) electrons. The van der Waals surface area contributed by atoms with Crippen molar-refractivity contribution in [2.24, 2.45) is 0 Å². The van der Waals surface area contributed by atoms with Crippen LogP contribution in [0.15, 0.2) is 11.1 Å². The van der Waals surface area contributed by atoms with Crippen LogP contribution in [0.4, 0.5) is 0 Å². The summed E-state index contributed by atoms with van der Waals surface area (Å²) in [6.07, 6.45) is 5.93. The summed E-state index contributed by atoms with van der Waals surface area (Å²) in [5, 5.41) is 3.02. The number of carbonyl (C=O) groups is 2. The van der Waals surface area contributed by atoms with Crippen LogP contribution in [0, 0.1) is 0 Å². The van der Waals surface area contributed by atoms with Crippen molar-refractivity contribution in [3.63, 3.8) is 0 Å². The molecular weight excluding hydrogens is 332 g/mol. The first kappa shape index (κ1) is 17.4. The van der Waals surface area contributed by atoms with Crippen molar-refractivity contribution in [1.82, 2.24) is 9.62 Å². The predicted molar refractivity (Wildman–Crippen MR) is 87.6 cm³/mol. The molecule has 0 aromatic heterocycles. The third-order valence-electron chi connectivity index (χ3n) is 5.34. The molecule has 0 aromatic rings. The van der Waals surface area contributed by atoms with E-state index < -0.39 is 21.6 Å². The molecule has 1 N–H and O–H groups in total. The molecule has 1 saturated carbocycles. The van der Waals surface area contributed by atoms with Crippen molar-refractivity contribution in [1.29, 1.82) is 0 Å². The molecule has 3 rings (SSSR count). The topological polar surface area (TPSA) is 92.8 Å². The number of ether oxygens (including phenoxy) is 1. The number of piperidine rings is 1. The Labute approximate surface area is 142 Å². The Balaban J connectivity index is 1.80. The van der Waals surface area contributed by atoms with E-state index in [4.69, 9.17) is 4.74 Å². The van der Waals surface area contributed by atoms with E-state index >= 15 is 0 Å². The molecule has 2 heterocycles. The monoisotopic (exact) mass is 356 g/mol. The van der Waals surface area contributed by atoms with Crippen molar-refractivity contribution in [3.05, 3.63) is 11.1 Å². The van der Waals surface area contributed by atoms with E-state index in [0.717, 1.165) is 25.7 Å². The molecule has 0 bridgehead atoms. The number of carbonyl (C=O) groups excluding carboxylic acids is 2. The average Bonchev–Trinajstić information content (AvgIpc) is 3.06. The van der Waals surface area contributed by atoms with Crippen LogP contribution in [0.1, 0.15) is 45.4 Å². The largest absolute Gasteiger partial charge is 0.450 e. The zero-order valence-corrected chi connectivity index (χ0v) is 14.9. The molecule has 0 unspecified atom stereocenters. The number of nitrogens with one attached hydrogen (secondary N) is 1. The van der Waals surface area contributed by atoms with Gasteiger partial charge in [-0.3, -0.25) is 4.79 Å². The van der Waals surface area contributed by atoms with Gasteiger partial charge in [0.2, 0.25) is 10.0 Å². The fourth-order valence-corrected chi connectivity index (χ4v) is 4.83. The quantitative estimate of drug-likeness (QED) is 0.752. The first-order valence-corrected chi connectivity index (χ1v) is 10.3. The molecule has 1 saturated heterocycles. The van der Waals surface area contributed by atoms with E-state index in [1.807, 2.05) is 0 Å². The number of rotatable bonds is 3. The molecule has 8 heteroatoms. The van der Waals surface area contributed by atoms with Crippen LogP contribution in [-0.4, -0.2) is 55.6 Å². The highest BCUT2D eigenvalue weighted by atomic mass is 32.2. The van der Waals surface area contributed by atoms with Gasteiger partial charge in [-0.2, -0.15) is 0 Å². The van der Waals surface area contributed by atoms with Gasteiger partial charge >= 0.3 is 5.97 Å². The lowest BCUT2D eigenvalue weighted by atomic mass is 9.83. The van der Waals surface area contributed by atoms with Gasteiger partial charge in [-0.1, -0.05) is 12.8 Å². The third kappa shape index (κ3) is 3.09. The maximum Gasteiger partial charge on any atom is 0.335 e. The van der Waals surface area contributed by atoms with E-state index in [1.54, 1.807) is 6.92 Å². The fourth-order valence-electron chi connectivity index (χ4n) is 3.98. The Morgan fingerprint density at radius 1 is 1.25 bits per heavy atom. The zero-order valence-electron chi connectivity index (χ0n) is 14.1. The SMILES string of the molecule is CC1=C(C(=O)NC2CCCC2)C2(CCN(S(C)(=O)=O)CC2)OC1=O. The third-order valence-corrected chi connectivity index (χ3v) is 6.64. The second-order valence-corrected chi connectivity index (χ2v) is 8.98. The van der Waals surface area contributed by atoms with Crippen molar-refractivity contribution in [2.45, 2.75) is 57.1 Å². The van der Waals surface area contributed by atoms with E-state index in [9.17, 15) is 18.0 Å². The number of sulfonamides is 1. The zero-order chi connectivity index (χ0) is 17.5. The van der Waals surface area contributed by atoms with Crippen molar-refractivity contribution in [3.8, 4) is 0 Å². The van der Waals surface area contributed by atoms with E-state index in [2.05, 4.69) is 5.32 Å². The molecule has 1 spiro atoms. The Bertz CT molecular complexity index is 683. The van der Waals surface area contributed by atoms with Gasteiger partial charge < -0.3 is 10.1 Å². The van der Waals surface area contributed by atoms with E-state index in [-0.39, 0.29) is 25.0 Å². The number of nitrogens with zero attached hydrogens (tertiary/aromatic N) is 1. The Hall–Kier alpha value is -1.41. The summed E-state index contributed by atoms with van der Waals surface area (Å²) < 4.78 is 30.3. The predicted octanol–water partition coefficient (Wildman–Crippen LogP) is 0.713. The van der Waals surface area contributed by atoms with Crippen LogP contribution in [0.2, 0.25) is 0 Å². The van der Waals surface area contributed by atoms with Crippen LogP contribution in [-0.2, 0) is 24.3 Å². The molecule has 1 amide bonds. The van der Waals surface area contributed by atoms with Crippen LogP contribution >= 0.6 is 0 Å². The first-order chi connectivity index (χ1) is 11.2. The minimum Gasteiger partial charge on any atom is -0.450 e. The van der Waals surface area contributed by atoms with Gasteiger partial charge in [0.1, 0.15) is 5.60 Å². The maximum atomic E-state index is 12.8. The summed E-state index contributed by atoms with van der Waals surface area (Å²) in [5.41, 5.74) is -0.240. The minimum atomic E-state index is -3.28. The first-order valence-electron chi connectivity index (χ1n) is 8.44. The lowest BCUT2D eigenvalue weighted by Crippen LogP contribution is -2.50. The minimum absolute atomic E-state index is 0.154. The van der Waals surface area contributed by atoms with Gasteiger partial charge in [0, 0.05) is 37.5 Å². The Morgan fingerprint density at radius 3 is 2.38 bits per heavy atom. The molecule has 7 nitrogen and oxygen atoms in total. The summed E-state index contributed by atoms with van der Waals surface area (Å²) in [7, 11) is -3.28. The molecule has 134 valence electrons. The summed E-state index contributed by atoms with van der Waals surface area (Å²) >= 11 is 0. The molecule has 24 heavy (non-hydrogen) atoms. The van der Waals surface area contributed by atoms with Gasteiger partial charge in [0.25, 0.3) is 5.91 Å². The maximum absolute atomic E-state index is 12.8. The molecule has 2 aliphatic heterocycles. The summed E-state index contributed by atoms with van der Waals surface area (Å²) in [6.45, 7) is 2.11. The lowest BCUT2D eigenvalue weighted by molar-refractivity contribution is -0.150. The second kappa shape index (κ2) is 6.15. The average molecular weight is 356 g/mol. The molecule has 1 aliphatic carbocycles. The fraction of sp³-hybridized carbons (Fsp3) is 0.750. The highest BCUT2D eigenvalue weighted by Crippen LogP contribution is 2.41. The second-order valence-electron chi connectivity index (χ2n) is 7.00. The van der Waals surface area contributed by atoms with Gasteiger partial charge in [-0.25, -0.2) is 17.5 Å². The van der Waals surface area contributed by atoms with Crippen LogP contribution in [0.5, 0.6) is 0 Å². The highest BCUT2D eigenvalue weighted by Gasteiger charge is 2.51. The Morgan fingerprint density at radius 2 is 1.83 bits per heavy atom. The van der Waals surface area contributed by atoms with Crippen LogP contribution < -0.4 is 5.32 Å². The summed E-state index contributed by atoms with van der Waals surface area (Å²) in [5.74, 6) is -0.711. The molecule has 0 aromatic carbocycles. The van der Waals surface area contributed by atoms with Crippen molar-refractivity contribution in [2.75, 3.05) is 19.3 Å². The highest BCUT2D eigenvalue weighted by molar-refractivity contribution is 7.88. The molecule has 0 atom stereocenters. The standard InChI is InChI=1S/C16H24N2O5S/c1-11-13(14(19)17-12-5-3-4-6-12)16(23-15(11)20)7-9-18(10-8-16)24(2,21)22/h12H,3-10H2,1-2H3,(H,17,19). The van der Waals surface area contributed by atoms with E-state index in [1.165, 1.54) is 10.6 Å².